The molecule has 3 aromatic carbocycles. The number of hydrogen-bond acceptors (Lipinski definition) is 3. The largest absolute Gasteiger partial charge is 0.325 e. The number of halogens is 1. The van der Waals surface area contributed by atoms with Gasteiger partial charge in [-0.3, -0.25) is 14.5 Å². The van der Waals surface area contributed by atoms with Gasteiger partial charge >= 0.3 is 6.03 Å². The van der Waals surface area contributed by atoms with Crippen molar-refractivity contribution in [3.05, 3.63) is 77.3 Å². The summed E-state index contributed by atoms with van der Waals surface area (Å²) in [7, 11) is 0. The molecule has 0 aliphatic carbocycles. The van der Waals surface area contributed by atoms with Gasteiger partial charge in [0.15, 0.2) is 0 Å². The maximum atomic E-state index is 13.0. The van der Waals surface area contributed by atoms with Crippen molar-refractivity contribution < 1.29 is 14.4 Å². The Morgan fingerprint density at radius 3 is 2.48 bits per heavy atom. The van der Waals surface area contributed by atoms with Crippen molar-refractivity contribution >= 4 is 45.9 Å². The lowest BCUT2D eigenvalue weighted by molar-refractivity contribution is -0.133. The van der Waals surface area contributed by atoms with E-state index >= 15 is 0 Å². The number of hydrogen-bond donors (Lipinski definition) is 2. The molecule has 146 valence electrons. The third-order valence-electron chi connectivity index (χ3n) is 5.06. The molecule has 0 spiro atoms. The topological polar surface area (TPSA) is 78.5 Å². The summed E-state index contributed by atoms with van der Waals surface area (Å²) in [4.78, 5) is 38.9. The molecule has 3 aromatic rings. The Morgan fingerprint density at radius 2 is 1.72 bits per heavy atom. The van der Waals surface area contributed by atoms with E-state index in [1.165, 1.54) is 0 Å². The molecular formula is C22H18ClN3O3. The van der Waals surface area contributed by atoms with Crippen molar-refractivity contribution in [2.24, 2.45) is 0 Å². The summed E-state index contributed by atoms with van der Waals surface area (Å²) < 4.78 is 0. The van der Waals surface area contributed by atoms with Crippen LogP contribution >= 0.6 is 11.6 Å². The summed E-state index contributed by atoms with van der Waals surface area (Å²) >= 11 is 5.91. The molecule has 0 aromatic heterocycles. The number of urea groups is 1. The van der Waals surface area contributed by atoms with Gasteiger partial charge < -0.3 is 10.6 Å². The molecule has 1 atom stereocenters. The summed E-state index contributed by atoms with van der Waals surface area (Å²) in [6.45, 7) is 1.23. The number of anilines is 1. The van der Waals surface area contributed by atoms with E-state index in [9.17, 15) is 14.4 Å². The van der Waals surface area contributed by atoms with Crippen LogP contribution in [0, 0.1) is 0 Å². The van der Waals surface area contributed by atoms with E-state index in [1.54, 1.807) is 37.3 Å². The Hall–Kier alpha value is -3.38. The number of fused-ring (bicyclic) bond motifs is 1. The molecule has 4 amide bonds. The minimum Gasteiger partial charge on any atom is -0.324 e. The zero-order valence-electron chi connectivity index (χ0n) is 15.6. The fourth-order valence-corrected chi connectivity index (χ4v) is 3.61. The Bertz CT molecular complexity index is 1120. The minimum atomic E-state index is -1.25. The molecule has 29 heavy (non-hydrogen) atoms. The number of nitrogens with one attached hydrogen (secondary N) is 2. The predicted octanol–water partition coefficient (Wildman–Crippen LogP) is 3.90. The quantitative estimate of drug-likeness (QED) is 0.644. The summed E-state index contributed by atoms with van der Waals surface area (Å²) in [5, 5.41) is 7.87. The molecule has 0 unspecified atom stereocenters. The van der Waals surface area contributed by atoms with Crippen LogP contribution in [0.3, 0.4) is 0 Å². The van der Waals surface area contributed by atoms with Crippen LogP contribution in [0.2, 0.25) is 5.02 Å². The molecule has 6 nitrogen and oxygen atoms in total. The monoisotopic (exact) mass is 407 g/mol. The predicted molar refractivity (Wildman–Crippen MR) is 112 cm³/mol. The maximum absolute atomic E-state index is 13.0. The first kappa shape index (κ1) is 19.0. The van der Waals surface area contributed by atoms with Crippen LogP contribution in [-0.2, 0) is 15.1 Å². The lowest BCUT2D eigenvalue weighted by Crippen LogP contribution is -2.42. The van der Waals surface area contributed by atoms with E-state index in [4.69, 9.17) is 11.6 Å². The first-order valence-corrected chi connectivity index (χ1v) is 9.44. The highest BCUT2D eigenvalue weighted by atomic mass is 35.5. The number of carbonyl (C=O) groups is 3. The lowest BCUT2D eigenvalue weighted by Gasteiger charge is -2.22. The zero-order valence-corrected chi connectivity index (χ0v) is 16.4. The van der Waals surface area contributed by atoms with Gasteiger partial charge in [0.05, 0.1) is 0 Å². The molecule has 2 N–H and O–H groups in total. The summed E-state index contributed by atoms with van der Waals surface area (Å²) in [6, 6.07) is 19.3. The van der Waals surface area contributed by atoms with Gasteiger partial charge in [-0.25, -0.2) is 4.79 Å². The second kappa shape index (κ2) is 7.22. The highest BCUT2D eigenvalue weighted by Crippen LogP contribution is 2.30. The summed E-state index contributed by atoms with van der Waals surface area (Å²) in [6.07, 6.45) is 0. The number of rotatable bonds is 4. The second-order valence-corrected chi connectivity index (χ2v) is 7.46. The van der Waals surface area contributed by atoms with Crippen molar-refractivity contribution in [2.45, 2.75) is 12.5 Å². The Labute approximate surface area is 172 Å². The van der Waals surface area contributed by atoms with E-state index in [0.717, 1.165) is 15.7 Å². The van der Waals surface area contributed by atoms with Crippen LogP contribution in [0.15, 0.2) is 66.7 Å². The molecule has 7 heteroatoms. The van der Waals surface area contributed by atoms with Gasteiger partial charge in [-0.05, 0) is 36.1 Å². The molecule has 4 rings (SSSR count). The third kappa shape index (κ3) is 3.43. The van der Waals surface area contributed by atoms with Gasteiger partial charge in [-0.2, -0.15) is 0 Å². The lowest BCUT2D eigenvalue weighted by atomic mass is 9.92. The Balaban J connectivity index is 1.53. The summed E-state index contributed by atoms with van der Waals surface area (Å²) in [5.41, 5.74) is -0.0284. The minimum absolute atomic E-state index is 0.378. The van der Waals surface area contributed by atoms with Gasteiger partial charge in [-0.1, -0.05) is 60.1 Å². The molecule has 0 saturated carbocycles. The molecular weight excluding hydrogens is 390 g/mol. The maximum Gasteiger partial charge on any atom is 0.325 e. The number of benzene rings is 3. The molecule has 0 radical (unpaired) electrons. The number of amides is 4. The fraction of sp³-hybridized carbons (Fsp3) is 0.136. The van der Waals surface area contributed by atoms with Crippen molar-refractivity contribution in [3.8, 4) is 0 Å². The van der Waals surface area contributed by atoms with Crippen molar-refractivity contribution in [1.29, 1.82) is 0 Å². The summed E-state index contributed by atoms with van der Waals surface area (Å²) in [5.74, 6) is -0.942. The average Bonchev–Trinajstić information content (AvgIpc) is 2.92. The van der Waals surface area contributed by atoms with Crippen LogP contribution in [0.4, 0.5) is 10.5 Å². The van der Waals surface area contributed by atoms with E-state index in [0.29, 0.717) is 16.3 Å². The van der Waals surface area contributed by atoms with Gasteiger partial charge in [-0.15, -0.1) is 0 Å². The first-order chi connectivity index (χ1) is 13.9. The number of imide groups is 1. The zero-order chi connectivity index (χ0) is 20.6. The van der Waals surface area contributed by atoms with Crippen molar-refractivity contribution in [1.82, 2.24) is 10.2 Å². The highest BCUT2D eigenvalue weighted by molar-refractivity contribution is 6.30. The smallest absolute Gasteiger partial charge is 0.324 e. The average molecular weight is 408 g/mol. The van der Waals surface area contributed by atoms with E-state index < -0.39 is 23.4 Å². The SMILES string of the molecule is C[C@@]1(c2ccc(Cl)cc2)NC(=O)N(CC(=O)Nc2cccc3ccccc23)C1=O. The Morgan fingerprint density at radius 1 is 1.03 bits per heavy atom. The molecule has 1 saturated heterocycles. The number of carbonyl (C=O) groups excluding carboxylic acids is 3. The Kier molecular flexibility index (Phi) is 4.72. The number of nitrogens with zero attached hydrogens (tertiary/aromatic N) is 1. The molecule has 1 aliphatic heterocycles. The van der Waals surface area contributed by atoms with Crippen molar-refractivity contribution in [3.63, 3.8) is 0 Å². The van der Waals surface area contributed by atoms with E-state index in [1.807, 2.05) is 36.4 Å². The fourth-order valence-electron chi connectivity index (χ4n) is 3.49. The molecule has 1 fully saturated rings. The van der Waals surface area contributed by atoms with Crippen LogP contribution in [0.1, 0.15) is 12.5 Å². The molecule has 0 bridgehead atoms. The molecule has 1 heterocycles. The van der Waals surface area contributed by atoms with E-state index in [2.05, 4.69) is 10.6 Å². The van der Waals surface area contributed by atoms with Crippen LogP contribution in [-0.4, -0.2) is 29.3 Å². The van der Waals surface area contributed by atoms with Crippen LogP contribution < -0.4 is 10.6 Å². The highest BCUT2D eigenvalue weighted by Gasteiger charge is 2.49. The van der Waals surface area contributed by atoms with E-state index in [-0.39, 0.29) is 6.54 Å². The molecule has 1 aliphatic rings. The van der Waals surface area contributed by atoms with Gasteiger partial charge in [0, 0.05) is 16.1 Å². The van der Waals surface area contributed by atoms with Crippen molar-refractivity contribution in [2.75, 3.05) is 11.9 Å². The van der Waals surface area contributed by atoms with Gasteiger partial charge in [0.2, 0.25) is 5.91 Å². The second-order valence-electron chi connectivity index (χ2n) is 7.03. The van der Waals surface area contributed by atoms with Crippen LogP contribution in [0.25, 0.3) is 10.8 Å². The third-order valence-corrected chi connectivity index (χ3v) is 5.31. The van der Waals surface area contributed by atoms with Gasteiger partial charge in [0.25, 0.3) is 5.91 Å². The van der Waals surface area contributed by atoms with Gasteiger partial charge in [0.1, 0.15) is 12.1 Å². The standard InChI is InChI=1S/C22H18ClN3O3/c1-22(15-9-11-16(23)12-10-15)20(28)26(21(29)25-22)13-19(27)24-18-8-4-6-14-5-2-3-7-17(14)18/h2-12H,13H2,1H3,(H,24,27)(H,25,29)/t22-/m0/s1. The first-order valence-electron chi connectivity index (χ1n) is 9.06. The van der Waals surface area contributed by atoms with Crippen LogP contribution in [0.5, 0.6) is 0 Å². The normalized spacial score (nSPS) is 18.8.